The maximum Gasteiger partial charge on any atom is 0.0343 e. The van der Waals surface area contributed by atoms with Crippen LogP contribution in [0.3, 0.4) is 0 Å². The van der Waals surface area contributed by atoms with Gasteiger partial charge in [-0.3, -0.25) is 9.80 Å². The van der Waals surface area contributed by atoms with Crippen LogP contribution in [0.4, 0.5) is 5.69 Å². The molecular weight excluding hydrogens is 258 g/mol. The van der Waals surface area contributed by atoms with Crippen molar-refractivity contribution in [2.24, 2.45) is 0 Å². The molecule has 0 aromatic heterocycles. The van der Waals surface area contributed by atoms with Gasteiger partial charge in [0.1, 0.15) is 0 Å². The first-order valence-electron chi connectivity index (χ1n) is 8.58. The lowest BCUT2D eigenvalue weighted by molar-refractivity contribution is 0.100. The number of rotatable bonds is 5. The van der Waals surface area contributed by atoms with E-state index in [-0.39, 0.29) is 0 Å². The molecular formula is C18H29N3. The molecule has 1 aliphatic heterocycles. The Balaban J connectivity index is 1.35. The van der Waals surface area contributed by atoms with Crippen LogP contribution in [-0.4, -0.2) is 55.1 Å². The predicted molar refractivity (Wildman–Crippen MR) is 89.9 cm³/mol. The maximum atomic E-state index is 3.54. The quantitative estimate of drug-likeness (QED) is 0.898. The third kappa shape index (κ3) is 4.21. The standard InChI is InChI=1S/C18H29N3/c1-16-5-4-6-17(15-16)19-9-10-20-11-13-21(14-12-20)18-7-2-3-8-18/h4-6,15,18-19H,2-3,7-14H2,1H3. The Kier molecular flexibility index (Phi) is 5.15. The Morgan fingerprint density at radius 2 is 1.86 bits per heavy atom. The van der Waals surface area contributed by atoms with Gasteiger partial charge in [0.25, 0.3) is 0 Å². The lowest BCUT2D eigenvalue weighted by Crippen LogP contribution is -2.50. The Labute approximate surface area is 129 Å². The van der Waals surface area contributed by atoms with Gasteiger partial charge in [-0.05, 0) is 37.5 Å². The maximum absolute atomic E-state index is 3.54. The number of anilines is 1. The fourth-order valence-corrected chi connectivity index (χ4v) is 3.73. The van der Waals surface area contributed by atoms with E-state index in [1.807, 2.05) is 0 Å². The normalized spacial score (nSPS) is 21.8. The van der Waals surface area contributed by atoms with Crippen molar-refractivity contribution in [1.82, 2.24) is 9.80 Å². The molecule has 3 rings (SSSR count). The van der Waals surface area contributed by atoms with Gasteiger partial charge >= 0.3 is 0 Å². The molecule has 1 aromatic rings. The summed E-state index contributed by atoms with van der Waals surface area (Å²) in [7, 11) is 0. The molecule has 3 nitrogen and oxygen atoms in total. The summed E-state index contributed by atoms with van der Waals surface area (Å²) in [6.07, 6.45) is 5.78. The van der Waals surface area contributed by atoms with Crippen LogP contribution in [0, 0.1) is 6.92 Å². The number of hydrogen-bond acceptors (Lipinski definition) is 3. The van der Waals surface area contributed by atoms with Gasteiger partial charge in [0.05, 0.1) is 0 Å². The monoisotopic (exact) mass is 287 g/mol. The first-order valence-corrected chi connectivity index (χ1v) is 8.58. The van der Waals surface area contributed by atoms with Gasteiger partial charge in [0, 0.05) is 51.0 Å². The molecule has 1 saturated carbocycles. The van der Waals surface area contributed by atoms with E-state index in [0.29, 0.717) is 0 Å². The second-order valence-corrected chi connectivity index (χ2v) is 6.61. The minimum absolute atomic E-state index is 0.901. The number of nitrogens with one attached hydrogen (secondary N) is 1. The van der Waals surface area contributed by atoms with E-state index in [9.17, 15) is 0 Å². The van der Waals surface area contributed by atoms with E-state index in [4.69, 9.17) is 0 Å². The summed E-state index contributed by atoms with van der Waals surface area (Å²) in [5.41, 5.74) is 2.57. The summed E-state index contributed by atoms with van der Waals surface area (Å²) < 4.78 is 0. The van der Waals surface area contributed by atoms with Gasteiger partial charge in [-0.25, -0.2) is 0 Å². The van der Waals surface area contributed by atoms with Gasteiger partial charge in [-0.15, -0.1) is 0 Å². The first-order chi connectivity index (χ1) is 10.3. The van der Waals surface area contributed by atoms with Crippen LogP contribution in [0.25, 0.3) is 0 Å². The molecule has 0 spiro atoms. The minimum atomic E-state index is 0.901. The predicted octanol–water partition coefficient (Wildman–Crippen LogP) is 2.97. The van der Waals surface area contributed by atoms with Crippen molar-refractivity contribution in [2.45, 2.75) is 38.6 Å². The van der Waals surface area contributed by atoms with Crippen LogP contribution in [0.15, 0.2) is 24.3 Å². The molecule has 1 aliphatic carbocycles. The number of hydrogen-bond donors (Lipinski definition) is 1. The zero-order valence-electron chi connectivity index (χ0n) is 13.4. The van der Waals surface area contributed by atoms with Crippen molar-refractivity contribution < 1.29 is 0 Å². The minimum Gasteiger partial charge on any atom is -0.384 e. The van der Waals surface area contributed by atoms with Crippen molar-refractivity contribution in [1.29, 1.82) is 0 Å². The molecule has 2 fully saturated rings. The molecule has 1 aromatic carbocycles. The molecule has 0 atom stereocenters. The van der Waals surface area contributed by atoms with Crippen LogP contribution in [0.5, 0.6) is 0 Å². The Morgan fingerprint density at radius 1 is 1.10 bits per heavy atom. The summed E-state index contributed by atoms with van der Waals surface area (Å²) in [4.78, 5) is 5.34. The number of benzene rings is 1. The SMILES string of the molecule is Cc1cccc(NCCN2CCN(C3CCCC3)CC2)c1. The zero-order chi connectivity index (χ0) is 14.5. The topological polar surface area (TPSA) is 18.5 Å². The lowest BCUT2D eigenvalue weighted by atomic mass is 10.2. The molecule has 0 amide bonds. The molecule has 0 bridgehead atoms. The molecule has 21 heavy (non-hydrogen) atoms. The zero-order valence-corrected chi connectivity index (χ0v) is 13.4. The summed E-state index contributed by atoms with van der Waals surface area (Å²) in [6.45, 7) is 9.38. The smallest absolute Gasteiger partial charge is 0.0343 e. The van der Waals surface area contributed by atoms with E-state index >= 15 is 0 Å². The highest BCUT2D eigenvalue weighted by Gasteiger charge is 2.25. The Hall–Kier alpha value is -1.06. The fraction of sp³-hybridized carbons (Fsp3) is 0.667. The van der Waals surface area contributed by atoms with Crippen LogP contribution >= 0.6 is 0 Å². The summed E-state index contributed by atoms with van der Waals surface area (Å²) in [5, 5.41) is 3.54. The van der Waals surface area contributed by atoms with Crippen LogP contribution in [0.2, 0.25) is 0 Å². The average Bonchev–Trinajstić information content (AvgIpc) is 3.02. The number of nitrogens with zero attached hydrogens (tertiary/aromatic N) is 2. The van der Waals surface area contributed by atoms with E-state index < -0.39 is 0 Å². The Morgan fingerprint density at radius 3 is 2.57 bits per heavy atom. The summed E-state index contributed by atoms with van der Waals surface area (Å²) >= 11 is 0. The van der Waals surface area contributed by atoms with Gasteiger partial charge < -0.3 is 5.32 Å². The first kappa shape index (κ1) is 14.9. The summed E-state index contributed by atoms with van der Waals surface area (Å²) in [5.74, 6) is 0. The largest absolute Gasteiger partial charge is 0.384 e. The van der Waals surface area contributed by atoms with Crippen molar-refractivity contribution in [3.8, 4) is 0 Å². The highest BCUT2D eigenvalue weighted by molar-refractivity contribution is 5.45. The van der Waals surface area contributed by atoms with Crippen LogP contribution < -0.4 is 5.32 Å². The van der Waals surface area contributed by atoms with E-state index in [1.165, 1.54) is 63.1 Å². The second-order valence-electron chi connectivity index (χ2n) is 6.61. The molecule has 2 aliphatic rings. The van der Waals surface area contributed by atoms with Gasteiger partial charge in [-0.2, -0.15) is 0 Å². The van der Waals surface area contributed by atoms with Crippen molar-refractivity contribution in [3.05, 3.63) is 29.8 Å². The molecule has 116 valence electrons. The third-order valence-electron chi connectivity index (χ3n) is 5.02. The van der Waals surface area contributed by atoms with E-state index in [2.05, 4.69) is 46.3 Å². The molecule has 1 saturated heterocycles. The molecule has 3 heteroatoms. The fourth-order valence-electron chi connectivity index (χ4n) is 3.73. The third-order valence-corrected chi connectivity index (χ3v) is 5.02. The molecule has 1 N–H and O–H groups in total. The van der Waals surface area contributed by atoms with Crippen LogP contribution in [0.1, 0.15) is 31.2 Å². The lowest BCUT2D eigenvalue weighted by Gasteiger charge is -2.38. The summed E-state index contributed by atoms with van der Waals surface area (Å²) in [6, 6.07) is 9.55. The van der Waals surface area contributed by atoms with Crippen molar-refractivity contribution in [3.63, 3.8) is 0 Å². The molecule has 0 radical (unpaired) electrons. The number of aryl methyl sites for hydroxylation is 1. The molecule has 1 heterocycles. The van der Waals surface area contributed by atoms with Gasteiger partial charge in [0.2, 0.25) is 0 Å². The van der Waals surface area contributed by atoms with E-state index in [1.54, 1.807) is 0 Å². The highest BCUT2D eigenvalue weighted by Crippen LogP contribution is 2.24. The van der Waals surface area contributed by atoms with Crippen molar-refractivity contribution in [2.75, 3.05) is 44.6 Å². The van der Waals surface area contributed by atoms with Gasteiger partial charge in [-0.1, -0.05) is 25.0 Å². The number of piperazine rings is 1. The second kappa shape index (κ2) is 7.28. The van der Waals surface area contributed by atoms with Crippen LogP contribution in [-0.2, 0) is 0 Å². The Bertz CT molecular complexity index is 432. The van der Waals surface area contributed by atoms with Gasteiger partial charge in [0.15, 0.2) is 0 Å². The van der Waals surface area contributed by atoms with Crippen molar-refractivity contribution >= 4 is 5.69 Å². The molecule has 0 unspecified atom stereocenters. The van der Waals surface area contributed by atoms with E-state index in [0.717, 1.165) is 19.1 Å². The highest BCUT2D eigenvalue weighted by atomic mass is 15.3. The average molecular weight is 287 g/mol.